The molecule has 1 aromatic heterocycles. The Hall–Kier alpha value is -0.890. The summed E-state index contributed by atoms with van der Waals surface area (Å²) >= 11 is 2.73. The lowest BCUT2D eigenvalue weighted by atomic mass is 10.3. The van der Waals surface area contributed by atoms with Crippen LogP contribution in [-0.4, -0.2) is 11.3 Å². The zero-order chi connectivity index (χ0) is 11.6. The molecule has 0 amide bonds. The van der Waals surface area contributed by atoms with E-state index in [0.717, 1.165) is 0 Å². The normalized spacial score (nSPS) is 11.6. The molecule has 0 aliphatic heterocycles. The number of hydrogen-bond acceptors (Lipinski definition) is 3. The molecule has 0 saturated carbocycles. The lowest BCUT2D eigenvalue weighted by Gasteiger charge is -2.10. The molecular formula is C7H5BrF4N2O. The number of hydrogen-bond donors (Lipinski definition) is 1. The number of nitrogens with zero attached hydrogens (tertiary/aromatic N) is 1. The van der Waals surface area contributed by atoms with E-state index in [1.807, 2.05) is 0 Å². The van der Waals surface area contributed by atoms with Crippen molar-refractivity contribution in [2.24, 2.45) is 5.73 Å². The first-order valence-electron chi connectivity index (χ1n) is 3.64. The maximum absolute atomic E-state index is 13.1. The van der Waals surface area contributed by atoms with Crippen LogP contribution in [0.2, 0.25) is 0 Å². The molecule has 1 heterocycles. The minimum absolute atomic E-state index is 0.0857. The van der Waals surface area contributed by atoms with Crippen LogP contribution >= 0.6 is 15.9 Å². The summed E-state index contributed by atoms with van der Waals surface area (Å²) in [6, 6.07) is 1.18. The summed E-state index contributed by atoms with van der Waals surface area (Å²) in [4.78, 5) is 3.26. The minimum Gasteiger partial charge on any atom is -0.385 e. The number of aromatic nitrogens is 1. The van der Waals surface area contributed by atoms with Crippen molar-refractivity contribution < 1.29 is 22.3 Å². The molecule has 0 aromatic carbocycles. The molecular weight excluding hydrogens is 284 g/mol. The SMILES string of the molecule is NCc1cc(Br)c(F)c(OC(F)(F)F)n1. The third-order valence-corrected chi connectivity index (χ3v) is 1.93. The summed E-state index contributed by atoms with van der Waals surface area (Å²) in [5.41, 5.74) is 5.24. The van der Waals surface area contributed by atoms with Gasteiger partial charge in [0.05, 0.1) is 10.2 Å². The molecule has 1 aromatic rings. The van der Waals surface area contributed by atoms with E-state index < -0.39 is 18.1 Å². The maximum Gasteiger partial charge on any atom is 0.574 e. The smallest absolute Gasteiger partial charge is 0.385 e. The first kappa shape index (κ1) is 12.2. The average molecular weight is 289 g/mol. The first-order chi connectivity index (χ1) is 6.83. The van der Waals surface area contributed by atoms with E-state index in [0.29, 0.717) is 0 Å². The molecule has 0 spiro atoms. The van der Waals surface area contributed by atoms with Crippen LogP contribution in [0.3, 0.4) is 0 Å². The number of pyridine rings is 1. The highest BCUT2D eigenvalue weighted by molar-refractivity contribution is 9.10. The van der Waals surface area contributed by atoms with Crippen molar-refractivity contribution in [1.29, 1.82) is 0 Å². The maximum atomic E-state index is 13.1. The Kier molecular flexibility index (Phi) is 3.50. The van der Waals surface area contributed by atoms with Gasteiger partial charge in [0, 0.05) is 6.54 Å². The Labute approximate surface area is 90.4 Å². The molecule has 8 heteroatoms. The quantitative estimate of drug-likeness (QED) is 0.850. The monoisotopic (exact) mass is 288 g/mol. The van der Waals surface area contributed by atoms with Crippen LogP contribution in [0.4, 0.5) is 17.6 Å². The van der Waals surface area contributed by atoms with Gasteiger partial charge in [0.25, 0.3) is 5.88 Å². The van der Waals surface area contributed by atoms with Crippen molar-refractivity contribution in [3.63, 3.8) is 0 Å². The van der Waals surface area contributed by atoms with Crippen LogP contribution in [0.15, 0.2) is 10.5 Å². The fourth-order valence-corrected chi connectivity index (χ4v) is 1.24. The zero-order valence-corrected chi connectivity index (χ0v) is 8.69. The van der Waals surface area contributed by atoms with E-state index in [1.165, 1.54) is 6.07 Å². The largest absolute Gasteiger partial charge is 0.574 e. The van der Waals surface area contributed by atoms with Gasteiger partial charge in [-0.25, -0.2) is 4.98 Å². The minimum atomic E-state index is -4.99. The number of ether oxygens (including phenoxy) is 1. The van der Waals surface area contributed by atoms with Gasteiger partial charge in [-0.15, -0.1) is 13.2 Å². The summed E-state index contributed by atoms with van der Waals surface area (Å²) < 4.78 is 51.7. The average Bonchev–Trinajstić information content (AvgIpc) is 2.10. The molecule has 0 aliphatic rings. The van der Waals surface area contributed by atoms with Gasteiger partial charge >= 0.3 is 6.36 Å². The van der Waals surface area contributed by atoms with E-state index >= 15 is 0 Å². The summed E-state index contributed by atoms with van der Waals surface area (Å²) in [6.07, 6.45) is -4.99. The molecule has 3 nitrogen and oxygen atoms in total. The molecule has 0 unspecified atom stereocenters. The fourth-order valence-electron chi connectivity index (χ4n) is 0.805. The predicted molar refractivity (Wildman–Crippen MR) is 46.5 cm³/mol. The van der Waals surface area contributed by atoms with E-state index in [-0.39, 0.29) is 16.7 Å². The van der Waals surface area contributed by atoms with Crippen LogP contribution in [0.5, 0.6) is 5.88 Å². The Bertz CT molecular complexity index is 369. The van der Waals surface area contributed by atoms with E-state index in [9.17, 15) is 17.6 Å². The van der Waals surface area contributed by atoms with Crippen LogP contribution in [0.25, 0.3) is 0 Å². The van der Waals surface area contributed by atoms with Crippen LogP contribution in [0, 0.1) is 5.82 Å². The van der Waals surface area contributed by atoms with Crippen LogP contribution < -0.4 is 10.5 Å². The van der Waals surface area contributed by atoms with Crippen molar-refractivity contribution in [3.05, 3.63) is 22.1 Å². The predicted octanol–water partition coefficient (Wildman–Crippen LogP) is 2.34. The van der Waals surface area contributed by atoms with Crippen molar-refractivity contribution in [3.8, 4) is 5.88 Å². The van der Waals surface area contributed by atoms with Crippen molar-refractivity contribution in [2.75, 3.05) is 0 Å². The highest BCUT2D eigenvalue weighted by atomic mass is 79.9. The number of rotatable bonds is 2. The van der Waals surface area contributed by atoms with Crippen molar-refractivity contribution >= 4 is 15.9 Å². The fraction of sp³-hybridized carbons (Fsp3) is 0.286. The Morgan fingerprint density at radius 2 is 2.07 bits per heavy atom. The topological polar surface area (TPSA) is 48.1 Å². The molecule has 84 valence electrons. The summed E-state index contributed by atoms with van der Waals surface area (Å²) in [5, 5.41) is 0. The van der Waals surface area contributed by atoms with E-state index in [4.69, 9.17) is 5.73 Å². The molecule has 0 fully saturated rings. The molecule has 2 N–H and O–H groups in total. The Morgan fingerprint density at radius 3 is 2.53 bits per heavy atom. The van der Waals surface area contributed by atoms with Gasteiger partial charge in [-0.05, 0) is 22.0 Å². The standard InChI is InChI=1S/C7H5BrF4N2O/c8-4-1-3(2-13)14-6(5(4)9)15-7(10,11)12/h1H,2,13H2. The first-order valence-corrected chi connectivity index (χ1v) is 4.43. The van der Waals surface area contributed by atoms with Crippen molar-refractivity contribution in [1.82, 2.24) is 4.98 Å². The van der Waals surface area contributed by atoms with Gasteiger partial charge in [0.15, 0.2) is 5.82 Å². The second-order valence-electron chi connectivity index (χ2n) is 2.47. The zero-order valence-electron chi connectivity index (χ0n) is 7.11. The van der Waals surface area contributed by atoms with E-state index in [1.54, 1.807) is 0 Å². The van der Waals surface area contributed by atoms with E-state index in [2.05, 4.69) is 25.7 Å². The lowest BCUT2D eigenvalue weighted by molar-refractivity contribution is -0.277. The van der Waals surface area contributed by atoms with Gasteiger partial charge in [0.1, 0.15) is 0 Å². The lowest BCUT2D eigenvalue weighted by Crippen LogP contribution is -2.19. The van der Waals surface area contributed by atoms with Crippen molar-refractivity contribution in [2.45, 2.75) is 12.9 Å². The molecule has 0 saturated heterocycles. The second-order valence-corrected chi connectivity index (χ2v) is 3.32. The Balaban J connectivity index is 3.11. The highest BCUT2D eigenvalue weighted by Gasteiger charge is 2.33. The van der Waals surface area contributed by atoms with Gasteiger partial charge in [-0.1, -0.05) is 0 Å². The summed E-state index contributed by atoms with van der Waals surface area (Å²) in [5.74, 6) is -2.36. The molecule has 0 radical (unpaired) electrons. The number of nitrogens with two attached hydrogens (primary N) is 1. The van der Waals surface area contributed by atoms with Gasteiger partial charge in [0.2, 0.25) is 0 Å². The third kappa shape index (κ3) is 3.31. The van der Waals surface area contributed by atoms with Gasteiger partial charge in [-0.2, -0.15) is 4.39 Å². The second kappa shape index (κ2) is 4.31. The van der Waals surface area contributed by atoms with Gasteiger partial charge < -0.3 is 10.5 Å². The summed E-state index contributed by atoms with van der Waals surface area (Å²) in [6.45, 7) is -0.118. The molecule has 15 heavy (non-hydrogen) atoms. The number of alkyl halides is 3. The van der Waals surface area contributed by atoms with Gasteiger partial charge in [-0.3, -0.25) is 0 Å². The molecule has 1 rings (SSSR count). The Morgan fingerprint density at radius 1 is 1.47 bits per heavy atom. The molecule has 0 atom stereocenters. The molecule has 0 bridgehead atoms. The highest BCUT2D eigenvalue weighted by Crippen LogP contribution is 2.28. The molecule has 0 aliphatic carbocycles. The summed E-state index contributed by atoms with van der Waals surface area (Å²) in [7, 11) is 0. The number of halogens is 5. The third-order valence-electron chi connectivity index (χ3n) is 1.36. The van der Waals surface area contributed by atoms with Crippen LogP contribution in [0.1, 0.15) is 5.69 Å². The van der Waals surface area contributed by atoms with Crippen LogP contribution in [-0.2, 0) is 6.54 Å².